The first kappa shape index (κ1) is 18.2. The van der Waals surface area contributed by atoms with Crippen LogP contribution in [-0.4, -0.2) is 51.9 Å². The Bertz CT molecular complexity index is 761. The Morgan fingerprint density at radius 2 is 2.31 bits per heavy atom. The summed E-state index contributed by atoms with van der Waals surface area (Å²) in [5.74, 6) is 1.51. The Morgan fingerprint density at radius 3 is 3.04 bits per heavy atom. The van der Waals surface area contributed by atoms with Crippen LogP contribution in [0.4, 0.5) is 4.79 Å². The number of rotatable bonds is 7. The van der Waals surface area contributed by atoms with Gasteiger partial charge >= 0.3 is 6.09 Å². The van der Waals surface area contributed by atoms with Gasteiger partial charge in [0.05, 0.1) is 11.8 Å². The topological polar surface area (TPSA) is 108 Å². The van der Waals surface area contributed by atoms with Crippen LogP contribution in [0.25, 0.3) is 0 Å². The first-order valence-electron chi connectivity index (χ1n) is 8.52. The van der Waals surface area contributed by atoms with Gasteiger partial charge in [-0.25, -0.2) is 9.78 Å². The summed E-state index contributed by atoms with van der Waals surface area (Å²) in [7, 11) is 0. The molecule has 1 aliphatic heterocycles. The molecular weight excluding hydrogens is 338 g/mol. The summed E-state index contributed by atoms with van der Waals surface area (Å²) in [6.07, 6.45) is 0.421. The monoisotopic (exact) mass is 361 g/mol. The lowest BCUT2D eigenvalue weighted by atomic mass is 9.99. The van der Waals surface area contributed by atoms with Gasteiger partial charge in [0, 0.05) is 26.2 Å². The molecule has 1 amide bonds. The molecule has 26 heavy (non-hydrogen) atoms. The van der Waals surface area contributed by atoms with Crippen LogP contribution in [0.5, 0.6) is 5.75 Å². The largest absolute Gasteiger partial charge is 0.486 e. The zero-order valence-corrected chi connectivity index (χ0v) is 14.6. The SMILES string of the molecule is Cc1ncoc1COc1ccc2c(c1)CCN(C[C@H](O)CNC(=O)O)C2. The van der Waals surface area contributed by atoms with Crippen molar-refractivity contribution < 1.29 is 24.2 Å². The minimum atomic E-state index is -1.12. The number of amides is 1. The summed E-state index contributed by atoms with van der Waals surface area (Å²) >= 11 is 0. The van der Waals surface area contributed by atoms with Crippen LogP contribution in [-0.2, 0) is 19.6 Å². The van der Waals surface area contributed by atoms with Crippen molar-refractivity contribution in [1.29, 1.82) is 0 Å². The second kappa shape index (κ2) is 8.20. The van der Waals surface area contributed by atoms with Gasteiger partial charge in [0.15, 0.2) is 12.2 Å². The number of benzene rings is 1. The first-order chi connectivity index (χ1) is 12.5. The van der Waals surface area contributed by atoms with E-state index in [1.54, 1.807) is 0 Å². The van der Waals surface area contributed by atoms with Crippen LogP contribution >= 0.6 is 0 Å². The molecule has 0 bridgehead atoms. The van der Waals surface area contributed by atoms with Crippen molar-refractivity contribution in [2.75, 3.05) is 19.6 Å². The number of ether oxygens (including phenoxy) is 1. The number of carbonyl (C=O) groups is 1. The van der Waals surface area contributed by atoms with E-state index in [0.29, 0.717) is 13.2 Å². The molecule has 2 heterocycles. The highest BCUT2D eigenvalue weighted by molar-refractivity contribution is 5.64. The molecule has 3 rings (SSSR count). The highest BCUT2D eigenvalue weighted by Crippen LogP contribution is 2.24. The van der Waals surface area contributed by atoms with E-state index in [-0.39, 0.29) is 6.54 Å². The first-order valence-corrected chi connectivity index (χ1v) is 8.52. The molecule has 8 heteroatoms. The Labute approximate surface area is 151 Å². The lowest BCUT2D eigenvalue weighted by Gasteiger charge is -2.30. The van der Waals surface area contributed by atoms with Crippen LogP contribution in [0.15, 0.2) is 29.0 Å². The van der Waals surface area contributed by atoms with E-state index in [1.807, 2.05) is 25.1 Å². The number of aliphatic hydroxyl groups excluding tert-OH is 1. The highest BCUT2D eigenvalue weighted by atomic mass is 16.5. The number of nitrogens with zero attached hydrogens (tertiary/aromatic N) is 2. The molecule has 0 spiro atoms. The summed E-state index contributed by atoms with van der Waals surface area (Å²) in [4.78, 5) is 16.6. The van der Waals surface area contributed by atoms with E-state index in [4.69, 9.17) is 14.3 Å². The second-order valence-electron chi connectivity index (χ2n) is 6.41. The Kier molecular flexibility index (Phi) is 5.75. The summed E-state index contributed by atoms with van der Waals surface area (Å²) in [5.41, 5.74) is 3.25. The number of oxazole rings is 1. The van der Waals surface area contributed by atoms with E-state index in [1.165, 1.54) is 17.5 Å². The van der Waals surface area contributed by atoms with Gasteiger partial charge in [-0.2, -0.15) is 0 Å². The fourth-order valence-corrected chi connectivity index (χ4v) is 3.01. The zero-order chi connectivity index (χ0) is 18.5. The number of aryl methyl sites for hydroxylation is 1. The Morgan fingerprint density at radius 1 is 1.46 bits per heavy atom. The third-order valence-electron chi connectivity index (χ3n) is 4.44. The molecule has 1 aliphatic rings. The van der Waals surface area contributed by atoms with Crippen LogP contribution in [0.2, 0.25) is 0 Å². The van der Waals surface area contributed by atoms with Crippen molar-refractivity contribution in [3.05, 3.63) is 47.2 Å². The van der Waals surface area contributed by atoms with Gasteiger partial charge in [0.25, 0.3) is 0 Å². The standard InChI is InChI=1S/C18H23N3O5/c1-12-17(26-11-20-12)10-25-16-3-2-14-8-21(5-4-13(14)6-16)9-15(22)7-19-18(23)24/h2-3,6,11,15,19,22H,4-5,7-10H2,1H3,(H,23,24)/t15-/m1/s1. The molecule has 1 aromatic carbocycles. The lowest BCUT2D eigenvalue weighted by Crippen LogP contribution is -2.41. The number of nitrogens with one attached hydrogen (secondary N) is 1. The van der Waals surface area contributed by atoms with Gasteiger partial charge in [-0.3, -0.25) is 4.90 Å². The van der Waals surface area contributed by atoms with Crippen LogP contribution in [0, 0.1) is 6.92 Å². The maximum Gasteiger partial charge on any atom is 0.404 e. The van der Waals surface area contributed by atoms with Crippen molar-refractivity contribution in [2.45, 2.75) is 32.6 Å². The van der Waals surface area contributed by atoms with Crippen LogP contribution in [0.3, 0.4) is 0 Å². The molecular formula is C18H23N3O5. The molecule has 0 radical (unpaired) electrons. The smallest absolute Gasteiger partial charge is 0.404 e. The van der Waals surface area contributed by atoms with Crippen LogP contribution in [0.1, 0.15) is 22.6 Å². The van der Waals surface area contributed by atoms with Crippen LogP contribution < -0.4 is 10.1 Å². The van der Waals surface area contributed by atoms with Gasteiger partial charge in [-0.15, -0.1) is 0 Å². The Balaban J connectivity index is 1.53. The summed E-state index contributed by atoms with van der Waals surface area (Å²) in [5, 5.41) is 20.7. The van der Waals surface area contributed by atoms with E-state index in [2.05, 4.69) is 15.2 Å². The van der Waals surface area contributed by atoms with Gasteiger partial charge in [-0.05, 0) is 36.6 Å². The molecule has 0 saturated heterocycles. The minimum absolute atomic E-state index is 0.0342. The van der Waals surface area contributed by atoms with Gasteiger partial charge in [0.2, 0.25) is 0 Å². The normalized spacial score (nSPS) is 15.3. The number of β-amino-alcohol motifs (C(OH)–C–C–N with tert-alkyl or cyclic N) is 1. The zero-order valence-electron chi connectivity index (χ0n) is 14.6. The van der Waals surface area contributed by atoms with Crippen molar-refractivity contribution in [1.82, 2.24) is 15.2 Å². The average Bonchev–Trinajstić information content (AvgIpc) is 3.03. The number of aliphatic hydroxyl groups is 1. The van der Waals surface area contributed by atoms with Crippen molar-refractivity contribution in [3.63, 3.8) is 0 Å². The third-order valence-corrected chi connectivity index (χ3v) is 4.44. The molecule has 2 aromatic rings. The summed E-state index contributed by atoms with van der Waals surface area (Å²) < 4.78 is 11.1. The summed E-state index contributed by atoms with van der Waals surface area (Å²) in [6.45, 7) is 4.22. The quantitative estimate of drug-likeness (QED) is 0.686. The Hall–Kier alpha value is -2.58. The minimum Gasteiger partial charge on any atom is -0.486 e. The average molecular weight is 361 g/mol. The molecule has 0 fully saturated rings. The number of aromatic nitrogens is 1. The number of carboxylic acid groups (broad SMARTS) is 1. The molecule has 140 valence electrons. The van der Waals surface area contributed by atoms with Crippen molar-refractivity contribution >= 4 is 6.09 Å². The number of hydrogen-bond donors (Lipinski definition) is 3. The van der Waals surface area contributed by atoms with E-state index >= 15 is 0 Å². The maximum absolute atomic E-state index is 10.5. The predicted molar refractivity (Wildman–Crippen MR) is 93.0 cm³/mol. The molecule has 8 nitrogen and oxygen atoms in total. The van der Waals surface area contributed by atoms with E-state index in [9.17, 15) is 9.90 Å². The van der Waals surface area contributed by atoms with E-state index < -0.39 is 12.2 Å². The number of fused-ring (bicyclic) bond motifs is 1. The molecule has 1 aromatic heterocycles. The van der Waals surface area contributed by atoms with Gasteiger partial charge in [-0.1, -0.05) is 6.07 Å². The fraction of sp³-hybridized carbons (Fsp3) is 0.444. The van der Waals surface area contributed by atoms with Crippen molar-refractivity contribution in [3.8, 4) is 5.75 Å². The molecule has 0 unspecified atom stereocenters. The second-order valence-corrected chi connectivity index (χ2v) is 6.41. The molecule has 0 aliphatic carbocycles. The highest BCUT2D eigenvalue weighted by Gasteiger charge is 2.19. The van der Waals surface area contributed by atoms with Gasteiger partial charge < -0.3 is 24.7 Å². The molecule has 0 saturated carbocycles. The molecule has 3 N–H and O–H groups in total. The number of hydrogen-bond acceptors (Lipinski definition) is 6. The molecule has 1 atom stereocenters. The predicted octanol–water partition coefficient (Wildman–Crippen LogP) is 1.55. The third kappa shape index (κ3) is 4.74. The fourth-order valence-electron chi connectivity index (χ4n) is 3.01. The van der Waals surface area contributed by atoms with Gasteiger partial charge in [0.1, 0.15) is 12.4 Å². The van der Waals surface area contributed by atoms with Crippen molar-refractivity contribution in [2.24, 2.45) is 0 Å². The maximum atomic E-state index is 10.5. The summed E-state index contributed by atoms with van der Waals surface area (Å²) in [6, 6.07) is 6.00. The van der Waals surface area contributed by atoms with E-state index in [0.717, 1.165) is 36.7 Å². The lowest BCUT2D eigenvalue weighted by molar-refractivity contribution is 0.102.